The summed E-state index contributed by atoms with van der Waals surface area (Å²) in [6.07, 6.45) is 7.01. The van der Waals surface area contributed by atoms with Gasteiger partial charge in [0.2, 0.25) is 0 Å². The largest absolute Gasteiger partial charge is 0.386 e. The highest BCUT2D eigenvalue weighted by Crippen LogP contribution is 2.47. The van der Waals surface area contributed by atoms with Crippen molar-refractivity contribution in [2.24, 2.45) is 23.7 Å². The topological polar surface area (TPSA) is 20.2 Å². The maximum Gasteiger partial charge on any atom is 0.0802 e. The molecule has 2 rings (SSSR count). The standard InChI is InChI=1S/C15H26O/c1-10(2)12-6-5-11(3)13-7-8-15(4,16)9-14(12)13/h9-13,16H,5-8H2,1-4H3/t11-,12+,13+,15-/m0/s1. The Bertz CT molecular complexity index is 288. The summed E-state index contributed by atoms with van der Waals surface area (Å²) in [5.41, 5.74) is 1.03. The molecule has 0 unspecified atom stereocenters. The van der Waals surface area contributed by atoms with Crippen LogP contribution in [0.5, 0.6) is 0 Å². The van der Waals surface area contributed by atoms with Crippen LogP contribution in [0.1, 0.15) is 53.4 Å². The lowest BCUT2D eigenvalue weighted by molar-refractivity contribution is 0.0684. The highest BCUT2D eigenvalue weighted by molar-refractivity contribution is 5.23. The number of allylic oxidation sites excluding steroid dienone is 1. The third kappa shape index (κ3) is 2.20. The van der Waals surface area contributed by atoms with Crippen LogP contribution >= 0.6 is 0 Å². The molecule has 0 aromatic rings. The summed E-state index contributed by atoms with van der Waals surface area (Å²) in [6.45, 7) is 8.99. The molecule has 4 atom stereocenters. The van der Waals surface area contributed by atoms with Crippen LogP contribution in [-0.4, -0.2) is 10.7 Å². The molecule has 92 valence electrons. The normalized spacial score (nSPS) is 44.1. The Morgan fingerprint density at radius 1 is 1.31 bits per heavy atom. The Hall–Kier alpha value is -0.300. The highest BCUT2D eigenvalue weighted by atomic mass is 16.3. The van der Waals surface area contributed by atoms with Gasteiger partial charge in [-0.05, 0) is 56.3 Å². The third-order valence-corrected chi connectivity index (χ3v) is 4.72. The van der Waals surface area contributed by atoms with Gasteiger partial charge in [0.1, 0.15) is 0 Å². The van der Waals surface area contributed by atoms with Gasteiger partial charge in [0.25, 0.3) is 0 Å². The number of fused-ring (bicyclic) bond motifs is 1. The van der Waals surface area contributed by atoms with Crippen molar-refractivity contribution in [3.8, 4) is 0 Å². The minimum absolute atomic E-state index is 0.546. The average Bonchev–Trinajstić information content (AvgIpc) is 2.15. The summed E-state index contributed by atoms with van der Waals surface area (Å²) >= 11 is 0. The lowest BCUT2D eigenvalue weighted by atomic mass is 9.62. The Kier molecular flexibility index (Phi) is 3.18. The van der Waals surface area contributed by atoms with Crippen LogP contribution in [-0.2, 0) is 0 Å². The van der Waals surface area contributed by atoms with Crippen molar-refractivity contribution in [2.45, 2.75) is 59.0 Å². The van der Waals surface area contributed by atoms with Crippen molar-refractivity contribution in [1.82, 2.24) is 0 Å². The van der Waals surface area contributed by atoms with E-state index in [1.165, 1.54) is 19.3 Å². The Morgan fingerprint density at radius 2 is 2.00 bits per heavy atom. The molecule has 0 bridgehead atoms. The van der Waals surface area contributed by atoms with E-state index in [4.69, 9.17) is 0 Å². The monoisotopic (exact) mass is 222 g/mol. The predicted octanol–water partition coefficient (Wildman–Crippen LogP) is 3.78. The van der Waals surface area contributed by atoms with E-state index in [0.29, 0.717) is 5.92 Å². The summed E-state index contributed by atoms with van der Waals surface area (Å²) < 4.78 is 0. The molecule has 0 amide bonds. The van der Waals surface area contributed by atoms with Gasteiger partial charge in [0.05, 0.1) is 5.60 Å². The molecule has 0 aromatic heterocycles. The van der Waals surface area contributed by atoms with Crippen LogP contribution in [0.4, 0.5) is 0 Å². The molecule has 0 heterocycles. The quantitative estimate of drug-likeness (QED) is 0.669. The first-order chi connectivity index (χ1) is 7.41. The fourth-order valence-corrected chi connectivity index (χ4v) is 3.68. The zero-order valence-electron chi connectivity index (χ0n) is 11.2. The van der Waals surface area contributed by atoms with Crippen LogP contribution < -0.4 is 0 Å². The van der Waals surface area contributed by atoms with Gasteiger partial charge in [0, 0.05) is 0 Å². The first-order valence-corrected chi connectivity index (χ1v) is 6.86. The fourth-order valence-electron chi connectivity index (χ4n) is 3.68. The zero-order chi connectivity index (χ0) is 11.9. The van der Waals surface area contributed by atoms with Gasteiger partial charge in [-0.2, -0.15) is 0 Å². The van der Waals surface area contributed by atoms with Crippen LogP contribution in [0, 0.1) is 23.7 Å². The van der Waals surface area contributed by atoms with Gasteiger partial charge in [-0.1, -0.05) is 32.4 Å². The first-order valence-electron chi connectivity index (χ1n) is 6.86. The maximum absolute atomic E-state index is 10.2. The molecule has 2 aliphatic rings. The average molecular weight is 222 g/mol. The van der Waals surface area contributed by atoms with E-state index < -0.39 is 5.60 Å². The molecule has 1 nitrogen and oxygen atoms in total. The summed E-state index contributed by atoms with van der Waals surface area (Å²) in [6, 6.07) is 0. The van der Waals surface area contributed by atoms with Crippen LogP contribution in [0.25, 0.3) is 0 Å². The molecule has 0 aliphatic heterocycles. The van der Waals surface area contributed by atoms with Crippen molar-refractivity contribution in [2.75, 3.05) is 0 Å². The van der Waals surface area contributed by atoms with Gasteiger partial charge < -0.3 is 5.11 Å². The molecule has 1 fully saturated rings. The molecule has 0 saturated heterocycles. The van der Waals surface area contributed by atoms with E-state index in [-0.39, 0.29) is 0 Å². The number of rotatable bonds is 1. The van der Waals surface area contributed by atoms with Crippen LogP contribution in [0.15, 0.2) is 11.6 Å². The molecular weight excluding hydrogens is 196 g/mol. The summed E-state index contributed by atoms with van der Waals surface area (Å²) in [5.74, 6) is 3.00. The molecule has 16 heavy (non-hydrogen) atoms. The SMILES string of the molecule is CC(C)[C@H]1CC[C@H](C)[C@H]2CC[C@](C)(O)C=C12. The Morgan fingerprint density at radius 3 is 2.62 bits per heavy atom. The first kappa shape index (κ1) is 12.2. The minimum atomic E-state index is -0.546. The van der Waals surface area contributed by atoms with Gasteiger partial charge in [-0.25, -0.2) is 0 Å². The minimum Gasteiger partial charge on any atom is -0.386 e. The number of aliphatic hydroxyl groups is 1. The summed E-state index contributed by atoms with van der Waals surface area (Å²) in [5, 5.41) is 10.2. The zero-order valence-corrected chi connectivity index (χ0v) is 11.2. The van der Waals surface area contributed by atoms with E-state index in [1.807, 2.05) is 6.92 Å². The van der Waals surface area contributed by atoms with Crippen LogP contribution in [0.2, 0.25) is 0 Å². The van der Waals surface area contributed by atoms with Gasteiger partial charge in [-0.15, -0.1) is 0 Å². The van der Waals surface area contributed by atoms with Crippen molar-refractivity contribution >= 4 is 0 Å². The van der Waals surface area contributed by atoms with Gasteiger partial charge in [0.15, 0.2) is 0 Å². The van der Waals surface area contributed by atoms with E-state index in [2.05, 4.69) is 26.8 Å². The van der Waals surface area contributed by atoms with Crippen molar-refractivity contribution in [3.63, 3.8) is 0 Å². The fraction of sp³-hybridized carbons (Fsp3) is 0.867. The highest BCUT2D eigenvalue weighted by Gasteiger charge is 2.39. The van der Waals surface area contributed by atoms with Crippen LogP contribution in [0.3, 0.4) is 0 Å². The van der Waals surface area contributed by atoms with Gasteiger partial charge >= 0.3 is 0 Å². The van der Waals surface area contributed by atoms with E-state index in [9.17, 15) is 5.11 Å². The Labute approximate surface area is 99.9 Å². The second-order valence-electron chi connectivity index (χ2n) is 6.55. The maximum atomic E-state index is 10.2. The molecule has 0 spiro atoms. The number of hydrogen-bond donors (Lipinski definition) is 1. The molecule has 1 N–H and O–H groups in total. The van der Waals surface area contributed by atoms with E-state index in [0.717, 1.165) is 24.2 Å². The molecule has 1 heteroatoms. The smallest absolute Gasteiger partial charge is 0.0802 e. The molecular formula is C15H26O. The second-order valence-corrected chi connectivity index (χ2v) is 6.55. The van der Waals surface area contributed by atoms with E-state index in [1.54, 1.807) is 5.57 Å². The molecule has 0 radical (unpaired) electrons. The lowest BCUT2D eigenvalue weighted by Gasteiger charge is -2.44. The predicted molar refractivity (Wildman–Crippen MR) is 68.2 cm³/mol. The van der Waals surface area contributed by atoms with Crippen molar-refractivity contribution in [1.29, 1.82) is 0 Å². The summed E-state index contributed by atoms with van der Waals surface area (Å²) in [4.78, 5) is 0. The molecule has 2 aliphatic carbocycles. The Balaban J connectivity index is 2.30. The third-order valence-electron chi connectivity index (χ3n) is 4.72. The molecule has 0 aromatic carbocycles. The number of hydrogen-bond acceptors (Lipinski definition) is 1. The van der Waals surface area contributed by atoms with E-state index >= 15 is 0 Å². The lowest BCUT2D eigenvalue weighted by Crippen LogP contribution is -2.37. The van der Waals surface area contributed by atoms with Crippen molar-refractivity contribution < 1.29 is 5.11 Å². The second kappa shape index (κ2) is 4.18. The van der Waals surface area contributed by atoms with Crippen molar-refractivity contribution in [3.05, 3.63) is 11.6 Å². The molecule has 1 saturated carbocycles. The summed E-state index contributed by atoms with van der Waals surface area (Å²) in [7, 11) is 0. The van der Waals surface area contributed by atoms with Gasteiger partial charge in [-0.3, -0.25) is 0 Å².